The van der Waals surface area contributed by atoms with Crippen LogP contribution in [-0.2, 0) is 27.1 Å². The fourth-order valence-electron chi connectivity index (χ4n) is 2.33. The van der Waals surface area contributed by atoms with E-state index in [0.717, 1.165) is 34.6 Å². The lowest BCUT2D eigenvalue weighted by atomic mass is 10.1. The van der Waals surface area contributed by atoms with Gasteiger partial charge in [-0.1, -0.05) is 56.1 Å². The molecule has 3 nitrogen and oxygen atoms in total. The molecule has 0 aliphatic heterocycles. The van der Waals surface area contributed by atoms with Gasteiger partial charge >= 0.3 is 0 Å². The molecule has 0 saturated heterocycles. The molecule has 0 saturated carbocycles. The number of hydrogen-bond donors (Lipinski definition) is 0. The van der Waals surface area contributed by atoms with Crippen LogP contribution in [0.4, 0.5) is 0 Å². The van der Waals surface area contributed by atoms with Crippen molar-refractivity contribution in [1.82, 2.24) is 0 Å². The number of hydrogen-bond acceptors (Lipinski definition) is 3. The van der Waals surface area contributed by atoms with Crippen molar-refractivity contribution in [3.8, 4) is 0 Å². The number of ether oxygens (including phenoxy) is 3. The van der Waals surface area contributed by atoms with E-state index >= 15 is 0 Å². The number of benzene rings is 2. The molecule has 0 radical (unpaired) electrons. The van der Waals surface area contributed by atoms with Crippen LogP contribution in [0.1, 0.15) is 24.0 Å². The maximum atomic E-state index is 5.45. The lowest BCUT2D eigenvalue weighted by Crippen LogP contribution is -2.07. The Morgan fingerprint density at radius 2 is 0.960 bits per heavy atom. The number of halogens is 2. The first kappa shape index (κ1) is 20.6. The summed E-state index contributed by atoms with van der Waals surface area (Å²) in [6.07, 6.45) is 4.00. The summed E-state index contributed by atoms with van der Waals surface area (Å²) in [5.41, 5.74) is 2.64. The molecular weight excluding hydrogens is 448 g/mol. The average molecular weight is 472 g/mol. The van der Waals surface area contributed by atoms with Crippen molar-refractivity contribution in [2.45, 2.75) is 25.7 Å². The van der Waals surface area contributed by atoms with Gasteiger partial charge in [-0.3, -0.25) is 0 Å². The Morgan fingerprint density at radius 1 is 0.560 bits per heavy atom. The second kappa shape index (κ2) is 12.6. The molecular formula is C20H24Br2O3. The van der Waals surface area contributed by atoms with E-state index in [9.17, 15) is 0 Å². The molecule has 25 heavy (non-hydrogen) atoms. The highest BCUT2D eigenvalue weighted by molar-refractivity contribution is 9.10. The fraction of sp³-hybridized carbons (Fsp3) is 0.400. The molecule has 5 heteroatoms. The summed E-state index contributed by atoms with van der Waals surface area (Å²) in [5.74, 6) is 0. The zero-order valence-electron chi connectivity index (χ0n) is 14.3. The van der Waals surface area contributed by atoms with Crippen LogP contribution in [-0.4, -0.2) is 26.8 Å². The predicted octanol–water partition coefficient (Wildman–Crippen LogP) is 5.74. The van der Waals surface area contributed by atoms with E-state index < -0.39 is 0 Å². The standard InChI is InChI=1S/C20H24Br2O3/c21-19-9-5-17(6-10-19)3-1-13-23-15-25-16-24-14-2-4-18-7-11-20(22)12-8-18/h5-12H,1-4,13-16H2. The van der Waals surface area contributed by atoms with Crippen molar-refractivity contribution in [3.05, 3.63) is 68.6 Å². The van der Waals surface area contributed by atoms with E-state index in [-0.39, 0.29) is 13.6 Å². The Balaban J connectivity index is 1.37. The van der Waals surface area contributed by atoms with Gasteiger partial charge in [0.1, 0.15) is 13.6 Å². The zero-order chi connectivity index (χ0) is 17.7. The highest BCUT2D eigenvalue weighted by Crippen LogP contribution is 2.12. The minimum atomic E-state index is 0.285. The predicted molar refractivity (Wildman–Crippen MR) is 108 cm³/mol. The molecule has 0 unspecified atom stereocenters. The minimum Gasteiger partial charge on any atom is -0.355 e. The van der Waals surface area contributed by atoms with Crippen LogP contribution in [0.5, 0.6) is 0 Å². The van der Waals surface area contributed by atoms with Gasteiger partial charge in [0.2, 0.25) is 0 Å². The van der Waals surface area contributed by atoms with E-state index in [1.54, 1.807) is 0 Å². The van der Waals surface area contributed by atoms with Gasteiger partial charge in [0.05, 0.1) is 0 Å². The molecule has 0 fully saturated rings. The summed E-state index contributed by atoms with van der Waals surface area (Å²) in [7, 11) is 0. The molecule has 0 heterocycles. The van der Waals surface area contributed by atoms with E-state index in [2.05, 4.69) is 80.4 Å². The highest BCUT2D eigenvalue weighted by atomic mass is 79.9. The van der Waals surface area contributed by atoms with Gasteiger partial charge < -0.3 is 14.2 Å². The molecule has 0 aromatic heterocycles. The topological polar surface area (TPSA) is 27.7 Å². The molecule has 2 aromatic rings. The third-order valence-electron chi connectivity index (χ3n) is 3.67. The lowest BCUT2D eigenvalue weighted by Gasteiger charge is -2.07. The molecule has 0 atom stereocenters. The largest absolute Gasteiger partial charge is 0.355 e. The van der Waals surface area contributed by atoms with Gasteiger partial charge in [-0.15, -0.1) is 0 Å². The summed E-state index contributed by atoms with van der Waals surface area (Å²) < 4.78 is 18.4. The smallest absolute Gasteiger partial charge is 0.149 e. The molecule has 0 aliphatic rings. The third-order valence-corrected chi connectivity index (χ3v) is 4.73. The first-order chi connectivity index (χ1) is 12.2. The molecule has 0 aliphatic carbocycles. The van der Waals surface area contributed by atoms with Crippen LogP contribution >= 0.6 is 31.9 Å². The SMILES string of the molecule is Brc1ccc(CCCOCOCOCCCc2ccc(Br)cc2)cc1. The van der Waals surface area contributed by atoms with Crippen LogP contribution in [0.2, 0.25) is 0 Å². The van der Waals surface area contributed by atoms with E-state index in [1.807, 2.05) is 0 Å². The maximum Gasteiger partial charge on any atom is 0.149 e. The van der Waals surface area contributed by atoms with Gasteiger partial charge in [0.25, 0.3) is 0 Å². The molecule has 0 amide bonds. The van der Waals surface area contributed by atoms with Crippen LogP contribution in [0.25, 0.3) is 0 Å². The Hall–Kier alpha value is -0.720. The van der Waals surface area contributed by atoms with Crippen LogP contribution in [0.15, 0.2) is 57.5 Å². The van der Waals surface area contributed by atoms with Crippen molar-refractivity contribution in [3.63, 3.8) is 0 Å². The summed E-state index contributed by atoms with van der Waals surface area (Å²) in [4.78, 5) is 0. The van der Waals surface area contributed by atoms with E-state index in [0.29, 0.717) is 13.2 Å². The van der Waals surface area contributed by atoms with Gasteiger partial charge in [0.15, 0.2) is 0 Å². The van der Waals surface area contributed by atoms with Gasteiger partial charge in [0, 0.05) is 22.2 Å². The zero-order valence-corrected chi connectivity index (χ0v) is 17.4. The van der Waals surface area contributed by atoms with Crippen LogP contribution < -0.4 is 0 Å². The van der Waals surface area contributed by atoms with Crippen molar-refractivity contribution in [1.29, 1.82) is 0 Å². The molecule has 136 valence electrons. The normalized spacial score (nSPS) is 11.0. The van der Waals surface area contributed by atoms with Crippen molar-refractivity contribution in [2.75, 3.05) is 26.8 Å². The van der Waals surface area contributed by atoms with Crippen LogP contribution in [0.3, 0.4) is 0 Å². The second-order valence-electron chi connectivity index (χ2n) is 5.72. The van der Waals surface area contributed by atoms with E-state index in [4.69, 9.17) is 14.2 Å². The average Bonchev–Trinajstić information content (AvgIpc) is 2.63. The summed E-state index contributed by atoms with van der Waals surface area (Å²) in [5, 5.41) is 0. The molecule has 0 spiro atoms. The van der Waals surface area contributed by atoms with Crippen molar-refractivity contribution >= 4 is 31.9 Å². The highest BCUT2D eigenvalue weighted by Gasteiger charge is 1.96. The molecule has 2 aromatic carbocycles. The van der Waals surface area contributed by atoms with Crippen LogP contribution in [0, 0.1) is 0 Å². The summed E-state index contributed by atoms with van der Waals surface area (Å²) in [6.45, 7) is 1.96. The fourth-order valence-corrected chi connectivity index (χ4v) is 2.86. The minimum absolute atomic E-state index is 0.285. The Labute approximate surface area is 166 Å². The maximum absolute atomic E-state index is 5.45. The molecule has 2 rings (SSSR count). The quantitative estimate of drug-likeness (QED) is 0.291. The van der Waals surface area contributed by atoms with Gasteiger partial charge in [-0.05, 0) is 61.1 Å². The Morgan fingerprint density at radius 3 is 1.36 bits per heavy atom. The third kappa shape index (κ3) is 9.52. The number of rotatable bonds is 12. The summed E-state index contributed by atoms with van der Waals surface area (Å²) in [6, 6.07) is 16.8. The Bertz CT molecular complexity index is 531. The Kier molecular flexibility index (Phi) is 10.4. The lowest BCUT2D eigenvalue weighted by molar-refractivity contribution is -0.131. The number of aryl methyl sites for hydroxylation is 2. The first-order valence-corrected chi connectivity index (χ1v) is 10.0. The molecule has 0 N–H and O–H groups in total. The van der Waals surface area contributed by atoms with Gasteiger partial charge in [-0.2, -0.15) is 0 Å². The molecule has 0 bridgehead atoms. The van der Waals surface area contributed by atoms with Crippen molar-refractivity contribution in [2.24, 2.45) is 0 Å². The summed E-state index contributed by atoms with van der Waals surface area (Å²) >= 11 is 6.88. The van der Waals surface area contributed by atoms with Gasteiger partial charge in [-0.25, -0.2) is 0 Å². The van der Waals surface area contributed by atoms with Crippen molar-refractivity contribution < 1.29 is 14.2 Å². The monoisotopic (exact) mass is 470 g/mol. The van der Waals surface area contributed by atoms with E-state index in [1.165, 1.54) is 11.1 Å². The second-order valence-corrected chi connectivity index (χ2v) is 7.55. The first-order valence-electron chi connectivity index (χ1n) is 8.46.